The number of carbonyl (C=O) groups excluding carboxylic acids is 1. The van der Waals surface area contributed by atoms with E-state index in [1.165, 1.54) is 11.1 Å². The summed E-state index contributed by atoms with van der Waals surface area (Å²) in [5.74, 6) is -0.211. The Bertz CT molecular complexity index is 758. The lowest BCUT2D eigenvalue weighted by Crippen LogP contribution is -2.65. The SMILES string of the molecule is O=C1OC23C=CC1=CC21CCNC3=Cc2ccccc21. The van der Waals surface area contributed by atoms with Crippen LogP contribution in [-0.4, -0.2) is 18.1 Å². The van der Waals surface area contributed by atoms with Crippen molar-refractivity contribution >= 4 is 12.0 Å². The smallest absolute Gasteiger partial charge is 0.339 e. The molecule has 2 unspecified atom stereocenters. The predicted octanol–water partition coefficient (Wildman–Crippen LogP) is 2.06. The average molecular weight is 263 g/mol. The molecule has 3 heterocycles. The third-order valence-electron chi connectivity index (χ3n) is 5.03. The molecule has 3 aliphatic heterocycles. The van der Waals surface area contributed by atoms with E-state index >= 15 is 0 Å². The summed E-state index contributed by atoms with van der Waals surface area (Å²) in [5, 5.41) is 3.43. The highest BCUT2D eigenvalue weighted by molar-refractivity contribution is 5.97. The minimum Gasteiger partial charge on any atom is -0.443 e. The van der Waals surface area contributed by atoms with Gasteiger partial charge in [0.15, 0.2) is 5.60 Å². The molecule has 98 valence electrons. The third-order valence-corrected chi connectivity index (χ3v) is 5.03. The number of hydrogen-bond donors (Lipinski definition) is 1. The van der Waals surface area contributed by atoms with Crippen molar-refractivity contribution in [3.63, 3.8) is 0 Å². The molecule has 5 aliphatic rings. The van der Waals surface area contributed by atoms with E-state index in [1.807, 2.05) is 6.08 Å². The van der Waals surface area contributed by atoms with Crippen molar-refractivity contribution in [2.24, 2.45) is 0 Å². The highest BCUT2D eigenvalue weighted by atomic mass is 16.6. The van der Waals surface area contributed by atoms with Crippen LogP contribution in [0.1, 0.15) is 17.5 Å². The van der Waals surface area contributed by atoms with Gasteiger partial charge in [0.05, 0.1) is 16.7 Å². The molecule has 3 heteroatoms. The molecular weight excluding hydrogens is 250 g/mol. The van der Waals surface area contributed by atoms with Crippen molar-refractivity contribution in [2.75, 3.05) is 6.54 Å². The first-order chi connectivity index (χ1) is 9.75. The summed E-state index contributed by atoms with van der Waals surface area (Å²) in [7, 11) is 0. The van der Waals surface area contributed by atoms with Gasteiger partial charge in [-0.2, -0.15) is 0 Å². The Hall–Kier alpha value is -2.29. The van der Waals surface area contributed by atoms with Crippen LogP contribution < -0.4 is 5.32 Å². The Morgan fingerprint density at radius 2 is 2.15 bits per heavy atom. The van der Waals surface area contributed by atoms with E-state index in [1.54, 1.807) is 0 Å². The van der Waals surface area contributed by atoms with E-state index in [0.29, 0.717) is 5.57 Å². The summed E-state index contributed by atoms with van der Waals surface area (Å²) in [4.78, 5) is 12.0. The Labute approximate surface area is 116 Å². The van der Waals surface area contributed by atoms with Crippen molar-refractivity contribution < 1.29 is 9.53 Å². The molecule has 0 aromatic heterocycles. The van der Waals surface area contributed by atoms with E-state index < -0.39 is 5.60 Å². The van der Waals surface area contributed by atoms with Gasteiger partial charge in [0.25, 0.3) is 0 Å². The van der Waals surface area contributed by atoms with Gasteiger partial charge in [-0.3, -0.25) is 0 Å². The number of nitrogens with one attached hydrogen (secondary N) is 1. The van der Waals surface area contributed by atoms with Gasteiger partial charge in [0.1, 0.15) is 0 Å². The van der Waals surface area contributed by atoms with Gasteiger partial charge in [-0.1, -0.05) is 30.3 Å². The summed E-state index contributed by atoms with van der Waals surface area (Å²) in [6.45, 7) is 0.900. The highest BCUT2D eigenvalue weighted by Gasteiger charge is 2.63. The van der Waals surface area contributed by atoms with Crippen LogP contribution in [0, 0.1) is 0 Å². The summed E-state index contributed by atoms with van der Waals surface area (Å²) < 4.78 is 5.87. The molecule has 1 N–H and O–H groups in total. The van der Waals surface area contributed by atoms with Crippen LogP contribution in [-0.2, 0) is 14.9 Å². The van der Waals surface area contributed by atoms with Gasteiger partial charge in [0.2, 0.25) is 0 Å². The van der Waals surface area contributed by atoms with Crippen LogP contribution in [0.2, 0.25) is 0 Å². The summed E-state index contributed by atoms with van der Waals surface area (Å²) in [6.07, 6.45) is 9.14. The van der Waals surface area contributed by atoms with Crippen LogP contribution in [0.15, 0.2) is 53.8 Å². The Balaban J connectivity index is 1.93. The third kappa shape index (κ3) is 0.922. The first-order valence-corrected chi connectivity index (χ1v) is 6.96. The topological polar surface area (TPSA) is 38.3 Å². The molecule has 4 bridgehead atoms. The number of carbonyl (C=O) groups is 1. The zero-order valence-corrected chi connectivity index (χ0v) is 10.8. The van der Waals surface area contributed by atoms with Crippen LogP contribution in [0.25, 0.3) is 6.08 Å². The van der Waals surface area contributed by atoms with Crippen LogP contribution in [0.5, 0.6) is 0 Å². The van der Waals surface area contributed by atoms with E-state index in [-0.39, 0.29) is 11.4 Å². The van der Waals surface area contributed by atoms with Crippen LogP contribution in [0.3, 0.4) is 0 Å². The lowest BCUT2D eigenvalue weighted by molar-refractivity contribution is -0.157. The van der Waals surface area contributed by atoms with E-state index in [2.05, 4.69) is 47.8 Å². The second-order valence-corrected chi connectivity index (χ2v) is 5.85. The number of hydrogen-bond acceptors (Lipinski definition) is 3. The Morgan fingerprint density at radius 1 is 1.25 bits per heavy atom. The molecule has 20 heavy (non-hydrogen) atoms. The van der Waals surface area contributed by atoms with Gasteiger partial charge in [-0.15, -0.1) is 0 Å². The summed E-state index contributed by atoms with van der Waals surface area (Å²) in [5.41, 5.74) is 3.26. The van der Waals surface area contributed by atoms with Crippen molar-refractivity contribution in [2.45, 2.75) is 17.4 Å². The van der Waals surface area contributed by atoms with E-state index in [0.717, 1.165) is 18.7 Å². The Kier molecular flexibility index (Phi) is 1.61. The first-order valence-electron chi connectivity index (χ1n) is 6.96. The zero-order valence-electron chi connectivity index (χ0n) is 10.8. The molecule has 2 aliphatic carbocycles. The average Bonchev–Trinajstić information content (AvgIpc) is 2.46. The molecular formula is C17H13NO2. The number of fused-ring (bicyclic) bond motifs is 2. The van der Waals surface area contributed by atoms with Crippen molar-refractivity contribution in [1.29, 1.82) is 0 Å². The molecule has 1 fully saturated rings. The molecule has 0 saturated carbocycles. The quantitative estimate of drug-likeness (QED) is 0.728. The normalized spacial score (nSPS) is 35.3. The molecule has 3 nitrogen and oxygen atoms in total. The molecule has 0 radical (unpaired) electrons. The number of piperidine rings is 1. The maximum atomic E-state index is 12.0. The predicted molar refractivity (Wildman–Crippen MR) is 74.8 cm³/mol. The van der Waals surface area contributed by atoms with Gasteiger partial charge in [-0.25, -0.2) is 4.79 Å². The molecule has 1 spiro atoms. The Morgan fingerprint density at radius 3 is 3.05 bits per heavy atom. The molecule has 2 atom stereocenters. The van der Waals surface area contributed by atoms with E-state index in [4.69, 9.17) is 4.74 Å². The lowest BCUT2D eigenvalue weighted by Gasteiger charge is -2.57. The number of benzene rings is 1. The summed E-state index contributed by atoms with van der Waals surface area (Å²) >= 11 is 0. The second kappa shape index (κ2) is 3.06. The minimum atomic E-state index is -0.668. The minimum absolute atomic E-state index is 0.211. The van der Waals surface area contributed by atoms with Crippen LogP contribution in [0.4, 0.5) is 0 Å². The van der Waals surface area contributed by atoms with Gasteiger partial charge in [-0.05, 0) is 35.8 Å². The number of ether oxygens (including phenoxy) is 1. The monoisotopic (exact) mass is 263 g/mol. The maximum Gasteiger partial charge on any atom is 0.339 e. The fourth-order valence-electron chi connectivity index (χ4n) is 4.16. The second-order valence-electron chi connectivity index (χ2n) is 5.85. The lowest BCUT2D eigenvalue weighted by atomic mass is 9.55. The zero-order chi connectivity index (χ0) is 13.4. The molecule has 1 aromatic rings. The van der Waals surface area contributed by atoms with Crippen LogP contribution >= 0.6 is 0 Å². The highest BCUT2D eigenvalue weighted by Crippen LogP contribution is 2.57. The fourth-order valence-corrected chi connectivity index (χ4v) is 4.16. The van der Waals surface area contributed by atoms with Gasteiger partial charge in [0, 0.05) is 6.54 Å². The van der Waals surface area contributed by atoms with Crippen molar-refractivity contribution in [1.82, 2.24) is 5.32 Å². The largest absolute Gasteiger partial charge is 0.443 e. The fraction of sp³-hybridized carbons (Fsp3) is 0.235. The molecule has 6 rings (SSSR count). The summed E-state index contributed by atoms with van der Waals surface area (Å²) in [6, 6.07) is 8.41. The van der Waals surface area contributed by atoms with Crippen molar-refractivity contribution in [3.8, 4) is 0 Å². The number of esters is 1. The van der Waals surface area contributed by atoms with Crippen molar-refractivity contribution in [3.05, 3.63) is 64.9 Å². The van der Waals surface area contributed by atoms with E-state index in [9.17, 15) is 4.79 Å². The van der Waals surface area contributed by atoms with Gasteiger partial charge >= 0.3 is 5.97 Å². The molecule has 1 aromatic carbocycles. The first kappa shape index (κ1) is 10.5. The number of rotatable bonds is 0. The standard InChI is InChI=1S/C17H13NO2/c19-15-12-5-6-17(20-15)14-9-11-3-1-2-4-13(11)16(17,10-12)7-8-18-14/h1-6,9-10,18H,7-8H2. The maximum absolute atomic E-state index is 12.0. The van der Waals surface area contributed by atoms with Gasteiger partial charge < -0.3 is 10.1 Å². The molecule has 0 amide bonds. The molecule has 1 saturated heterocycles.